The van der Waals surface area contributed by atoms with Crippen LogP contribution in [0.5, 0.6) is 11.5 Å². The summed E-state index contributed by atoms with van der Waals surface area (Å²) in [6.07, 6.45) is -0.124. The average Bonchev–Trinajstić information content (AvgIpc) is 2.70. The van der Waals surface area contributed by atoms with E-state index in [0.29, 0.717) is 32.9 Å². The van der Waals surface area contributed by atoms with Crippen LogP contribution < -0.4 is 11.5 Å². The van der Waals surface area contributed by atoms with Gasteiger partial charge in [-0.3, -0.25) is 0 Å². The molecule has 0 bridgehead atoms. The zero-order chi connectivity index (χ0) is 22.4. The van der Waals surface area contributed by atoms with Gasteiger partial charge in [-0.15, -0.1) is 0 Å². The van der Waals surface area contributed by atoms with Crippen LogP contribution in [0.1, 0.15) is 31.8 Å². The molecule has 0 amide bonds. The first-order chi connectivity index (χ1) is 14.7. The van der Waals surface area contributed by atoms with E-state index in [1.54, 1.807) is 36.4 Å². The third-order valence-corrected chi connectivity index (χ3v) is 5.30. The van der Waals surface area contributed by atoms with Crippen molar-refractivity contribution in [1.29, 1.82) is 0 Å². The van der Waals surface area contributed by atoms with Gasteiger partial charge in [-0.05, 0) is 57.9 Å². The molecule has 0 aliphatic rings. The molecule has 0 unspecified atom stereocenters. The van der Waals surface area contributed by atoms with Crippen molar-refractivity contribution in [1.82, 2.24) is 0 Å². The van der Waals surface area contributed by atoms with Gasteiger partial charge in [0.05, 0.1) is 0 Å². The molecular formula is C23H18N2O6. The summed E-state index contributed by atoms with van der Waals surface area (Å²) >= 11 is 0. The monoisotopic (exact) mass is 418 g/mol. The van der Waals surface area contributed by atoms with E-state index in [1.165, 1.54) is 12.1 Å². The van der Waals surface area contributed by atoms with E-state index in [0.717, 1.165) is 0 Å². The number of aromatic hydroxyl groups is 2. The first kappa shape index (κ1) is 19.8. The van der Waals surface area contributed by atoms with Gasteiger partial charge in [-0.1, -0.05) is 12.1 Å². The van der Waals surface area contributed by atoms with Crippen LogP contribution in [0.2, 0.25) is 0 Å². The normalized spacial score (nSPS) is 11.1. The molecule has 8 N–H and O–H groups in total. The number of carbonyl (C=O) groups is 2. The quantitative estimate of drug-likeness (QED) is 0.274. The van der Waals surface area contributed by atoms with Crippen molar-refractivity contribution in [2.45, 2.75) is 6.42 Å². The number of fused-ring (bicyclic) bond motifs is 2. The Morgan fingerprint density at radius 2 is 1.06 bits per heavy atom. The number of phenols is 2. The first-order valence-electron chi connectivity index (χ1n) is 9.22. The van der Waals surface area contributed by atoms with Crippen molar-refractivity contribution >= 4 is 44.9 Å². The summed E-state index contributed by atoms with van der Waals surface area (Å²) in [5.74, 6) is -3.59. The van der Waals surface area contributed by atoms with Crippen LogP contribution in [0.25, 0.3) is 21.5 Å². The van der Waals surface area contributed by atoms with Crippen molar-refractivity contribution in [2.24, 2.45) is 0 Å². The first-order valence-corrected chi connectivity index (χ1v) is 9.22. The highest BCUT2D eigenvalue weighted by molar-refractivity contribution is 6.03. The van der Waals surface area contributed by atoms with E-state index in [9.17, 15) is 30.0 Å². The maximum Gasteiger partial charge on any atom is 0.339 e. The highest BCUT2D eigenvalue weighted by Crippen LogP contribution is 2.39. The fourth-order valence-electron chi connectivity index (χ4n) is 3.84. The predicted octanol–water partition coefficient (Wildman–Crippen LogP) is 3.56. The Kier molecular flexibility index (Phi) is 4.54. The van der Waals surface area contributed by atoms with Crippen molar-refractivity contribution in [2.75, 3.05) is 11.5 Å². The molecule has 8 heteroatoms. The summed E-state index contributed by atoms with van der Waals surface area (Å²) in [5.41, 5.74) is 12.3. The van der Waals surface area contributed by atoms with Gasteiger partial charge in [0.1, 0.15) is 22.6 Å². The van der Waals surface area contributed by atoms with Gasteiger partial charge in [-0.2, -0.15) is 0 Å². The Balaban J connectivity index is 2.06. The molecule has 0 saturated heterocycles. The highest BCUT2D eigenvalue weighted by atomic mass is 16.4. The molecule has 4 aromatic rings. The molecule has 0 radical (unpaired) electrons. The summed E-state index contributed by atoms with van der Waals surface area (Å²) in [5, 5.41) is 42.6. The smallest absolute Gasteiger partial charge is 0.339 e. The highest BCUT2D eigenvalue weighted by Gasteiger charge is 2.23. The van der Waals surface area contributed by atoms with E-state index >= 15 is 0 Å². The van der Waals surface area contributed by atoms with Crippen LogP contribution >= 0.6 is 0 Å². The van der Waals surface area contributed by atoms with Gasteiger partial charge in [0.25, 0.3) is 0 Å². The van der Waals surface area contributed by atoms with Gasteiger partial charge in [0.15, 0.2) is 0 Å². The molecule has 0 saturated carbocycles. The second-order valence-corrected chi connectivity index (χ2v) is 7.25. The molecule has 0 atom stereocenters. The fourth-order valence-corrected chi connectivity index (χ4v) is 3.84. The Hall–Kier alpha value is -4.46. The largest absolute Gasteiger partial charge is 0.507 e. The zero-order valence-electron chi connectivity index (χ0n) is 16.1. The van der Waals surface area contributed by atoms with Gasteiger partial charge in [0.2, 0.25) is 0 Å². The summed E-state index contributed by atoms with van der Waals surface area (Å²) in [7, 11) is 0. The van der Waals surface area contributed by atoms with Crippen LogP contribution in [0.15, 0.2) is 48.5 Å². The summed E-state index contributed by atoms with van der Waals surface area (Å²) in [6.45, 7) is 0. The molecule has 0 heterocycles. The number of hydrogen-bond donors (Lipinski definition) is 6. The van der Waals surface area contributed by atoms with E-state index in [4.69, 9.17) is 11.5 Å². The summed E-state index contributed by atoms with van der Waals surface area (Å²) in [6, 6.07) is 12.3. The lowest BCUT2D eigenvalue weighted by Crippen LogP contribution is -2.04. The number of carboxylic acid groups (broad SMARTS) is 2. The fraction of sp³-hybridized carbons (Fsp3) is 0.0435. The molecule has 8 nitrogen and oxygen atoms in total. The van der Waals surface area contributed by atoms with Crippen molar-refractivity contribution in [3.8, 4) is 11.5 Å². The molecule has 0 fully saturated rings. The Morgan fingerprint density at radius 1 is 0.677 bits per heavy atom. The van der Waals surface area contributed by atoms with Gasteiger partial charge in [0, 0.05) is 28.9 Å². The van der Waals surface area contributed by atoms with Crippen molar-refractivity contribution < 1.29 is 30.0 Å². The standard InChI is InChI=1S/C23H18N2O6/c24-12-1-3-14-10(5-12)7-18(22(28)29)20(26)16(14)9-17-15-4-2-13(25)6-11(15)8-19(21(17)27)23(30)31/h1-8,26-27H,9,24-25H2,(H,28,29)(H,30,31). The topological polar surface area (TPSA) is 167 Å². The number of benzene rings is 4. The number of anilines is 2. The third kappa shape index (κ3) is 3.29. The van der Waals surface area contributed by atoms with E-state index in [1.807, 2.05) is 0 Å². The van der Waals surface area contributed by atoms with E-state index in [2.05, 4.69) is 0 Å². The number of rotatable bonds is 4. The molecule has 31 heavy (non-hydrogen) atoms. The molecule has 156 valence electrons. The lowest BCUT2D eigenvalue weighted by Gasteiger charge is -2.16. The van der Waals surface area contributed by atoms with Crippen LogP contribution in [-0.4, -0.2) is 32.4 Å². The number of nitrogens with two attached hydrogens (primary N) is 2. The van der Waals surface area contributed by atoms with Crippen LogP contribution in [0, 0.1) is 0 Å². The number of nitrogen functional groups attached to an aromatic ring is 2. The second kappa shape index (κ2) is 7.10. The molecule has 4 rings (SSSR count). The minimum atomic E-state index is -1.33. The van der Waals surface area contributed by atoms with Crippen LogP contribution in [0.4, 0.5) is 11.4 Å². The molecule has 0 aromatic heterocycles. The lowest BCUT2D eigenvalue weighted by atomic mass is 9.90. The SMILES string of the molecule is Nc1ccc2c(Cc3c(O)c(C(=O)O)cc4cc(N)ccc34)c(O)c(C(=O)O)cc2c1. The van der Waals surface area contributed by atoms with Gasteiger partial charge in [-0.25, -0.2) is 9.59 Å². The molecule has 0 spiro atoms. The summed E-state index contributed by atoms with van der Waals surface area (Å²) < 4.78 is 0. The Bertz CT molecular complexity index is 1300. The summed E-state index contributed by atoms with van der Waals surface area (Å²) in [4.78, 5) is 23.4. The average molecular weight is 418 g/mol. The van der Waals surface area contributed by atoms with Gasteiger partial charge >= 0.3 is 11.9 Å². The lowest BCUT2D eigenvalue weighted by molar-refractivity contribution is 0.0682. The zero-order valence-corrected chi connectivity index (χ0v) is 16.1. The number of carboxylic acids is 2. The number of hydrogen-bond acceptors (Lipinski definition) is 6. The Labute approximate surface area is 175 Å². The second-order valence-electron chi connectivity index (χ2n) is 7.25. The van der Waals surface area contributed by atoms with E-state index < -0.39 is 23.4 Å². The van der Waals surface area contributed by atoms with Crippen molar-refractivity contribution in [3.63, 3.8) is 0 Å². The van der Waals surface area contributed by atoms with Crippen molar-refractivity contribution in [3.05, 3.63) is 70.8 Å². The van der Waals surface area contributed by atoms with Crippen LogP contribution in [-0.2, 0) is 6.42 Å². The minimum absolute atomic E-state index is 0.124. The maximum absolute atomic E-state index is 11.7. The minimum Gasteiger partial charge on any atom is -0.507 e. The third-order valence-electron chi connectivity index (χ3n) is 5.30. The predicted molar refractivity (Wildman–Crippen MR) is 117 cm³/mol. The molecule has 4 aromatic carbocycles. The van der Waals surface area contributed by atoms with E-state index in [-0.39, 0.29) is 28.7 Å². The molecular weight excluding hydrogens is 400 g/mol. The molecule has 0 aliphatic heterocycles. The maximum atomic E-state index is 11.7. The Morgan fingerprint density at radius 3 is 1.42 bits per heavy atom. The molecule has 0 aliphatic carbocycles. The van der Waals surface area contributed by atoms with Crippen LogP contribution in [0.3, 0.4) is 0 Å². The number of aromatic carboxylic acids is 2. The van der Waals surface area contributed by atoms with Gasteiger partial charge < -0.3 is 31.9 Å².